The van der Waals surface area contributed by atoms with E-state index < -0.39 is 6.10 Å². The molecule has 4 heteroatoms. The molecule has 1 aliphatic rings. The molecule has 0 saturated heterocycles. The zero-order valence-electron chi connectivity index (χ0n) is 10.2. The molecule has 0 aliphatic heterocycles. The van der Waals surface area contributed by atoms with Crippen molar-refractivity contribution >= 4 is 5.91 Å². The van der Waals surface area contributed by atoms with E-state index in [1.807, 2.05) is 0 Å². The van der Waals surface area contributed by atoms with Gasteiger partial charge in [0.05, 0.1) is 12.7 Å². The molecule has 0 aromatic heterocycles. The van der Waals surface area contributed by atoms with E-state index in [4.69, 9.17) is 4.74 Å². The lowest BCUT2D eigenvalue weighted by Crippen LogP contribution is -2.38. The van der Waals surface area contributed by atoms with Gasteiger partial charge in [-0.15, -0.1) is 0 Å². The number of hydrogen-bond acceptors (Lipinski definition) is 3. The summed E-state index contributed by atoms with van der Waals surface area (Å²) in [4.78, 5) is 11.8. The number of carbonyl (C=O) groups excluding carboxylic acids is 1. The van der Waals surface area contributed by atoms with Crippen LogP contribution in [0.5, 0.6) is 0 Å². The predicted octanol–water partition coefficient (Wildman–Crippen LogP) is 0.936. The third kappa shape index (κ3) is 4.49. The van der Waals surface area contributed by atoms with Gasteiger partial charge in [-0.05, 0) is 31.6 Å². The Kier molecular flexibility index (Phi) is 5.77. The maximum atomic E-state index is 11.8. The first-order valence-corrected chi connectivity index (χ1v) is 6.08. The van der Waals surface area contributed by atoms with E-state index in [1.165, 1.54) is 7.11 Å². The van der Waals surface area contributed by atoms with Crippen LogP contribution >= 0.6 is 0 Å². The van der Waals surface area contributed by atoms with Gasteiger partial charge in [0, 0.05) is 19.6 Å². The zero-order chi connectivity index (χ0) is 12.0. The SMILES string of the molecule is COCC(O)CNC(=O)C1CCC(C)CC1. The van der Waals surface area contributed by atoms with Crippen LogP contribution in [0.1, 0.15) is 32.6 Å². The first kappa shape index (κ1) is 13.5. The van der Waals surface area contributed by atoms with Gasteiger partial charge in [0.1, 0.15) is 0 Å². The number of ether oxygens (including phenoxy) is 1. The summed E-state index contributed by atoms with van der Waals surface area (Å²) in [6, 6.07) is 0. The van der Waals surface area contributed by atoms with Crippen molar-refractivity contribution in [2.75, 3.05) is 20.3 Å². The third-order valence-corrected chi connectivity index (χ3v) is 3.26. The average molecular weight is 229 g/mol. The fourth-order valence-electron chi connectivity index (χ4n) is 2.14. The first-order chi connectivity index (χ1) is 7.63. The highest BCUT2D eigenvalue weighted by Crippen LogP contribution is 2.28. The molecule has 16 heavy (non-hydrogen) atoms. The Morgan fingerprint density at radius 3 is 2.62 bits per heavy atom. The van der Waals surface area contributed by atoms with Crippen molar-refractivity contribution < 1.29 is 14.6 Å². The van der Waals surface area contributed by atoms with Gasteiger partial charge in [-0.2, -0.15) is 0 Å². The number of methoxy groups -OCH3 is 1. The Bertz CT molecular complexity index is 212. The molecule has 94 valence electrons. The maximum Gasteiger partial charge on any atom is 0.223 e. The normalized spacial score (nSPS) is 27.4. The van der Waals surface area contributed by atoms with Crippen LogP contribution in [0, 0.1) is 11.8 Å². The molecular weight excluding hydrogens is 206 g/mol. The smallest absolute Gasteiger partial charge is 0.223 e. The van der Waals surface area contributed by atoms with Gasteiger partial charge in [-0.3, -0.25) is 4.79 Å². The molecule has 1 saturated carbocycles. The maximum absolute atomic E-state index is 11.8. The van der Waals surface area contributed by atoms with Crippen LogP contribution in [-0.2, 0) is 9.53 Å². The van der Waals surface area contributed by atoms with Crippen molar-refractivity contribution in [1.29, 1.82) is 0 Å². The lowest BCUT2D eigenvalue weighted by molar-refractivity contribution is -0.126. The summed E-state index contributed by atoms with van der Waals surface area (Å²) < 4.78 is 4.79. The molecular formula is C12H23NO3. The summed E-state index contributed by atoms with van der Waals surface area (Å²) in [5, 5.41) is 12.2. The fraction of sp³-hybridized carbons (Fsp3) is 0.917. The van der Waals surface area contributed by atoms with E-state index in [0.717, 1.165) is 31.6 Å². The van der Waals surface area contributed by atoms with Crippen molar-refractivity contribution in [3.8, 4) is 0 Å². The highest BCUT2D eigenvalue weighted by molar-refractivity contribution is 5.78. The quantitative estimate of drug-likeness (QED) is 0.737. The molecule has 0 radical (unpaired) electrons. The van der Waals surface area contributed by atoms with Gasteiger partial charge in [-0.25, -0.2) is 0 Å². The van der Waals surface area contributed by atoms with Crippen molar-refractivity contribution in [3.05, 3.63) is 0 Å². The summed E-state index contributed by atoms with van der Waals surface area (Å²) in [7, 11) is 1.54. The lowest BCUT2D eigenvalue weighted by atomic mass is 9.82. The highest BCUT2D eigenvalue weighted by atomic mass is 16.5. The van der Waals surface area contributed by atoms with Gasteiger partial charge in [-0.1, -0.05) is 6.92 Å². The molecule has 0 aromatic rings. The van der Waals surface area contributed by atoms with Gasteiger partial charge < -0.3 is 15.2 Å². The van der Waals surface area contributed by atoms with Gasteiger partial charge >= 0.3 is 0 Å². The minimum absolute atomic E-state index is 0.0852. The predicted molar refractivity (Wildman–Crippen MR) is 62.0 cm³/mol. The molecule has 0 spiro atoms. The number of hydrogen-bond donors (Lipinski definition) is 2. The van der Waals surface area contributed by atoms with Crippen LogP contribution in [0.2, 0.25) is 0 Å². The Hall–Kier alpha value is -0.610. The van der Waals surface area contributed by atoms with Crippen molar-refractivity contribution in [2.24, 2.45) is 11.8 Å². The van der Waals surface area contributed by atoms with Crippen LogP contribution in [-0.4, -0.2) is 37.4 Å². The third-order valence-electron chi connectivity index (χ3n) is 3.26. The summed E-state index contributed by atoms with van der Waals surface area (Å²) in [5.74, 6) is 0.983. The van der Waals surface area contributed by atoms with E-state index in [9.17, 15) is 9.90 Å². The summed E-state index contributed by atoms with van der Waals surface area (Å²) in [5.41, 5.74) is 0. The monoisotopic (exact) mass is 229 g/mol. The van der Waals surface area contributed by atoms with E-state index >= 15 is 0 Å². The van der Waals surface area contributed by atoms with E-state index in [2.05, 4.69) is 12.2 Å². The molecule has 0 heterocycles. The second kappa shape index (κ2) is 6.86. The second-order valence-corrected chi connectivity index (χ2v) is 4.81. The first-order valence-electron chi connectivity index (χ1n) is 6.08. The van der Waals surface area contributed by atoms with E-state index in [0.29, 0.717) is 6.54 Å². The summed E-state index contributed by atoms with van der Waals surface area (Å²) in [6.07, 6.45) is 3.63. The Labute approximate surface area is 97.4 Å². The molecule has 1 amide bonds. The van der Waals surface area contributed by atoms with Crippen LogP contribution in [0.25, 0.3) is 0 Å². The van der Waals surface area contributed by atoms with Gasteiger partial charge in [0.25, 0.3) is 0 Å². The Morgan fingerprint density at radius 1 is 1.44 bits per heavy atom. The minimum atomic E-state index is -0.600. The Balaban J connectivity index is 2.19. The van der Waals surface area contributed by atoms with Crippen LogP contribution in [0.3, 0.4) is 0 Å². The van der Waals surface area contributed by atoms with E-state index in [1.54, 1.807) is 0 Å². The number of rotatable bonds is 5. The molecule has 0 bridgehead atoms. The molecule has 1 aliphatic carbocycles. The number of amides is 1. The highest BCUT2D eigenvalue weighted by Gasteiger charge is 2.24. The van der Waals surface area contributed by atoms with Crippen LogP contribution < -0.4 is 5.32 Å². The van der Waals surface area contributed by atoms with Crippen molar-refractivity contribution in [2.45, 2.75) is 38.7 Å². The number of carbonyl (C=O) groups is 1. The lowest BCUT2D eigenvalue weighted by Gasteiger charge is -2.25. The number of nitrogens with one attached hydrogen (secondary N) is 1. The average Bonchev–Trinajstić information content (AvgIpc) is 2.27. The number of aliphatic hydroxyl groups is 1. The second-order valence-electron chi connectivity index (χ2n) is 4.81. The molecule has 0 aromatic carbocycles. The molecule has 2 N–H and O–H groups in total. The minimum Gasteiger partial charge on any atom is -0.389 e. The van der Waals surface area contributed by atoms with Crippen LogP contribution in [0.4, 0.5) is 0 Å². The molecule has 1 atom stereocenters. The molecule has 1 fully saturated rings. The molecule has 1 unspecified atom stereocenters. The standard InChI is InChI=1S/C12H23NO3/c1-9-3-5-10(6-4-9)12(15)13-7-11(14)8-16-2/h9-11,14H,3-8H2,1-2H3,(H,13,15). The molecule has 1 rings (SSSR count). The summed E-state index contributed by atoms with van der Waals surface area (Å²) in [6.45, 7) is 2.79. The fourth-order valence-corrected chi connectivity index (χ4v) is 2.14. The van der Waals surface area contributed by atoms with Gasteiger partial charge in [0.15, 0.2) is 0 Å². The molecule has 4 nitrogen and oxygen atoms in total. The topological polar surface area (TPSA) is 58.6 Å². The van der Waals surface area contributed by atoms with Crippen molar-refractivity contribution in [1.82, 2.24) is 5.32 Å². The Morgan fingerprint density at radius 2 is 2.06 bits per heavy atom. The largest absolute Gasteiger partial charge is 0.389 e. The van der Waals surface area contributed by atoms with Gasteiger partial charge in [0.2, 0.25) is 5.91 Å². The number of aliphatic hydroxyl groups excluding tert-OH is 1. The van der Waals surface area contributed by atoms with E-state index in [-0.39, 0.29) is 18.4 Å². The van der Waals surface area contributed by atoms with Crippen LogP contribution in [0.15, 0.2) is 0 Å². The van der Waals surface area contributed by atoms with Crippen molar-refractivity contribution in [3.63, 3.8) is 0 Å². The summed E-state index contributed by atoms with van der Waals surface area (Å²) >= 11 is 0. The zero-order valence-corrected chi connectivity index (χ0v) is 10.2.